The van der Waals surface area contributed by atoms with Crippen molar-refractivity contribution in [2.75, 3.05) is 42.3 Å². The van der Waals surface area contributed by atoms with Gasteiger partial charge in [0.15, 0.2) is 0 Å². The van der Waals surface area contributed by atoms with Gasteiger partial charge in [0.05, 0.1) is 42.6 Å². The van der Waals surface area contributed by atoms with Gasteiger partial charge >= 0.3 is 0 Å². The lowest BCUT2D eigenvalue weighted by Gasteiger charge is -2.33. The molecular formula is C18H22ClFN3O2S+. The van der Waals surface area contributed by atoms with E-state index in [1.165, 1.54) is 6.07 Å². The third-order valence-corrected chi connectivity index (χ3v) is 6.33. The fourth-order valence-corrected chi connectivity index (χ4v) is 4.36. The SMILES string of the molecule is CC[NH+]1CCN(c2ccc(NS(=O)(=O)c3ccc(F)c(Cl)c3)cc2)CC1. The summed E-state index contributed by atoms with van der Waals surface area (Å²) in [7, 11) is -3.82. The van der Waals surface area contributed by atoms with Crippen LogP contribution in [-0.2, 0) is 10.0 Å². The Labute approximate surface area is 158 Å². The lowest BCUT2D eigenvalue weighted by Crippen LogP contribution is -3.14. The lowest BCUT2D eigenvalue weighted by atomic mass is 10.2. The molecule has 0 bridgehead atoms. The van der Waals surface area contributed by atoms with Crippen LogP contribution in [0.1, 0.15) is 6.92 Å². The number of quaternary nitrogens is 1. The van der Waals surface area contributed by atoms with Crippen LogP contribution in [0.25, 0.3) is 0 Å². The van der Waals surface area contributed by atoms with Gasteiger partial charge in [-0.3, -0.25) is 4.72 Å². The Morgan fingerprint density at radius 1 is 1.15 bits per heavy atom. The number of nitrogens with zero attached hydrogens (tertiary/aromatic N) is 1. The number of hydrogen-bond donors (Lipinski definition) is 2. The second kappa shape index (κ2) is 7.82. The van der Waals surface area contributed by atoms with Gasteiger partial charge in [0.1, 0.15) is 5.82 Å². The maximum Gasteiger partial charge on any atom is 0.261 e. The molecule has 0 aromatic heterocycles. The van der Waals surface area contributed by atoms with Gasteiger partial charge in [-0.05, 0) is 49.4 Å². The van der Waals surface area contributed by atoms with Crippen LogP contribution in [-0.4, -0.2) is 41.1 Å². The molecule has 5 nitrogen and oxygen atoms in total. The molecule has 0 radical (unpaired) electrons. The fraction of sp³-hybridized carbons (Fsp3) is 0.333. The summed E-state index contributed by atoms with van der Waals surface area (Å²) in [5.74, 6) is -0.653. The van der Waals surface area contributed by atoms with Gasteiger partial charge in [-0.2, -0.15) is 0 Å². The number of likely N-dealkylation sites (N-methyl/N-ethyl adjacent to an activating group) is 1. The molecule has 0 aliphatic carbocycles. The van der Waals surface area contributed by atoms with Crippen LogP contribution >= 0.6 is 11.6 Å². The zero-order valence-corrected chi connectivity index (χ0v) is 16.1. The minimum Gasteiger partial charge on any atom is -0.360 e. The summed E-state index contributed by atoms with van der Waals surface area (Å²) >= 11 is 5.68. The summed E-state index contributed by atoms with van der Waals surface area (Å²) in [5, 5.41) is -0.225. The van der Waals surface area contributed by atoms with Crippen molar-refractivity contribution >= 4 is 33.0 Å². The molecular weight excluding hydrogens is 377 g/mol. The van der Waals surface area contributed by atoms with Crippen molar-refractivity contribution in [3.05, 3.63) is 53.3 Å². The van der Waals surface area contributed by atoms with Gasteiger partial charge in [0, 0.05) is 11.4 Å². The van der Waals surface area contributed by atoms with E-state index >= 15 is 0 Å². The van der Waals surface area contributed by atoms with Gasteiger partial charge in [0.2, 0.25) is 0 Å². The molecule has 0 amide bonds. The zero-order chi connectivity index (χ0) is 18.7. The van der Waals surface area contributed by atoms with Gasteiger partial charge in [0.25, 0.3) is 10.0 Å². The third kappa shape index (κ3) is 4.28. The molecule has 2 aromatic carbocycles. The number of hydrogen-bond acceptors (Lipinski definition) is 3. The lowest BCUT2D eigenvalue weighted by molar-refractivity contribution is -0.898. The number of rotatable bonds is 5. The first-order valence-electron chi connectivity index (χ1n) is 8.55. The van der Waals surface area contributed by atoms with Crippen molar-refractivity contribution in [2.45, 2.75) is 11.8 Å². The average Bonchev–Trinajstić information content (AvgIpc) is 2.64. The van der Waals surface area contributed by atoms with E-state index < -0.39 is 15.8 Å². The molecule has 1 aliphatic heterocycles. The van der Waals surface area contributed by atoms with Crippen molar-refractivity contribution in [2.24, 2.45) is 0 Å². The summed E-state index contributed by atoms with van der Waals surface area (Å²) < 4.78 is 40.6. The topological polar surface area (TPSA) is 53.9 Å². The first-order valence-corrected chi connectivity index (χ1v) is 10.4. The number of sulfonamides is 1. The van der Waals surface area contributed by atoms with E-state index in [2.05, 4.69) is 16.5 Å². The minimum absolute atomic E-state index is 0.0772. The Morgan fingerprint density at radius 2 is 1.81 bits per heavy atom. The Kier molecular flexibility index (Phi) is 5.70. The highest BCUT2D eigenvalue weighted by Crippen LogP contribution is 2.23. The Balaban J connectivity index is 1.70. The predicted octanol–water partition coefficient (Wildman–Crippen LogP) is 2.00. The highest BCUT2D eigenvalue weighted by atomic mass is 35.5. The van der Waals surface area contributed by atoms with Gasteiger partial charge in [-0.15, -0.1) is 0 Å². The summed E-state index contributed by atoms with van der Waals surface area (Å²) in [6, 6.07) is 10.6. The Bertz CT molecular complexity index is 867. The monoisotopic (exact) mass is 398 g/mol. The summed E-state index contributed by atoms with van der Waals surface area (Å²) in [5.41, 5.74) is 1.53. The molecule has 0 atom stereocenters. The number of halogens is 2. The number of anilines is 2. The van der Waals surface area contributed by atoms with E-state index in [0.29, 0.717) is 5.69 Å². The van der Waals surface area contributed by atoms with Crippen molar-refractivity contribution in [3.8, 4) is 0 Å². The van der Waals surface area contributed by atoms with Crippen LogP contribution in [0.5, 0.6) is 0 Å². The smallest absolute Gasteiger partial charge is 0.261 e. The largest absolute Gasteiger partial charge is 0.360 e. The van der Waals surface area contributed by atoms with Crippen LogP contribution in [0, 0.1) is 5.82 Å². The van der Waals surface area contributed by atoms with Crippen molar-refractivity contribution in [1.82, 2.24) is 0 Å². The van der Waals surface area contributed by atoms with Gasteiger partial charge in [-0.25, -0.2) is 12.8 Å². The van der Waals surface area contributed by atoms with E-state index in [-0.39, 0.29) is 9.92 Å². The van der Waals surface area contributed by atoms with Gasteiger partial charge < -0.3 is 9.80 Å². The number of benzene rings is 2. The maximum atomic E-state index is 13.2. The maximum absolute atomic E-state index is 13.2. The van der Waals surface area contributed by atoms with Crippen LogP contribution in [0.2, 0.25) is 5.02 Å². The quantitative estimate of drug-likeness (QED) is 0.810. The first kappa shape index (κ1) is 18.9. The van der Waals surface area contributed by atoms with Crippen molar-refractivity contribution in [1.29, 1.82) is 0 Å². The Morgan fingerprint density at radius 3 is 2.38 bits per heavy atom. The minimum atomic E-state index is -3.82. The molecule has 2 N–H and O–H groups in total. The zero-order valence-electron chi connectivity index (χ0n) is 14.5. The summed E-state index contributed by atoms with van der Waals surface area (Å²) in [4.78, 5) is 3.83. The molecule has 1 fully saturated rings. The standard InChI is InChI=1S/C18H21ClFN3O2S/c1-2-22-9-11-23(12-10-22)15-5-3-14(4-6-15)21-26(24,25)16-7-8-18(20)17(19)13-16/h3-8,13,21H,2,9-12H2,1H3/p+1. The molecule has 1 aliphatic rings. The van der Waals surface area contributed by atoms with Crippen LogP contribution < -0.4 is 14.5 Å². The number of nitrogens with one attached hydrogen (secondary N) is 2. The molecule has 0 saturated carbocycles. The van der Waals surface area contributed by atoms with Crippen LogP contribution in [0.4, 0.5) is 15.8 Å². The first-order chi connectivity index (χ1) is 12.4. The van der Waals surface area contributed by atoms with E-state index in [0.717, 1.165) is 50.5 Å². The fourth-order valence-electron chi connectivity index (χ4n) is 3.03. The molecule has 0 spiro atoms. The van der Waals surface area contributed by atoms with Crippen LogP contribution in [0.3, 0.4) is 0 Å². The van der Waals surface area contributed by atoms with Crippen molar-refractivity contribution < 1.29 is 17.7 Å². The number of piperazine rings is 1. The van der Waals surface area contributed by atoms with E-state index in [4.69, 9.17) is 11.6 Å². The van der Waals surface area contributed by atoms with Crippen molar-refractivity contribution in [3.63, 3.8) is 0 Å². The highest BCUT2D eigenvalue weighted by molar-refractivity contribution is 7.92. The molecule has 26 heavy (non-hydrogen) atoms. The normalized spacial score (nSPS) is 15.9. The second-order valence-electron chi connectivity index (χ2n) is 6.32. The van der Waals surface area contributed by atoms with Crippen LogP contribution in [0.15, 0.2) is 47.4 Å². The molecule has 8 heteroatoms. The average molecular weight is 399 g/mol. The third-order valence-electron chi connectivity index (χ3n) is 4.66. The molecule has 3 rings (SSSR count). The molecule has 1 saturated heterocycles. The predicted molar refractivity (Wildman–Crippen MR) is 102 cm³/mol. The molecule has 0 unspecified atom stereocenters. The van der Waals surface area contributed by atoms with E-state index in [1.54, 1.807) is 17.0 Å². The summed E-state index contributed by atoms with van der Waals surface area (Å²) in [6.45, 7) is 7.53. The Hall–Kier alpha value is -1.83. The molecule has 1 heterocycles. The molecule has 140 valence electrons. The van der Waals surface area contributed by atoms with E-state index in [9.17, 15) is 12.8 Å². The highest BCUT2D eigenvalue weighted by Gasteiger charge is 2.19. The van der Waals surface area contributed by atoms with E-state index in [1.807, 2.05) is 12.1 Å². The molecule has 2 aromatic rings. The summed E-state index contributed by atoms with van der Waals surface area (Å²) in [6.07, 6.45) is 0. The van der Waals surface area contributed by atoms with Gasteiger partial charge in [-0.1, -0.05) is 11.6 Å². The second-order valence-corrected chi connectivity index (χ2v) is 8.41.